The van der Waals surface area contributed by atoms with Crippen LogP contribution in [0.15, 0.2) is 47.4 Å². The molecule has 0 spiro atoms. The standard InChI is InChI=1S/C17H16FN3O3S2/c1-10(2)16(22)20-17-19-14-9-12(5-8-15(14)25-17)21-26(23,24)13-6-3-11(18)4-7-13/h3-10,21H,1-2H3,(H,19,20,22). The summed E-state index contributed by atoms with van der Waals surface area (Å²) in [6.45, 7) is 3.57. The van der Waals surface area contributed by atoms with E-state index < -0.39 is 15.8 Å². The average molecular weight is 393 g/mol. The topological polar surface area (TPSA) is 88.2 Å². The molecule has 1 amide bonds. The number of hydrogen-bond donors (Lipinski definition) is 2. The Morgan fingerprint density at radius 2 is 1.85 bits per heavy atom. The van der Waals surface area contributed by atoms with Crippen LogP contribution < -0.4 is 10.0 Å². The number of hydrogen-bond acceptors (Lipinski definition) is 5. The smallest absolute Gasteiger partial charge is 0.261 e. The van der Waals surface area contributed by atoms with E-state index in [1.54, 1.807) is 32.0 Å². The number of fused-ring (bicyclic) bond motifs is 1. The first kappa shape index (κ1) is 18.3. The Balaban J connectivity index is 1.84. The third kappa shape index (κ3) is 4.00. The maximum Gasteiger partial charge on any atom is 0.261 e. The zero-order chi connectivity index (χ0) is 18.9. The molecule has 2 N–H and O–H groups in total. The predicted octanol–water partition coefficient (Wildman–Crippen LogP) is 3.83. The van der Waals surface area contributed by atoms with E-state index in [-0.39, 0.29) is 16.7 Å². The van der Waals surface area contributed by atoms with Crippen molar-refractivity contribution in [3.05, 3.63) is 48.3 Å². The predicted molar refractivity (Wildman–Crippen MR) is 100 cm³/mol. The molecular weight excluding hydrogens is 377 g/mol. The molecule has 3 aromatic rings. The van der Waals surface area contributed by atoms with E-state index in [9.17, 15) is 17.6 Å². The monoisotopic (exact) mass is 393 g/mol. The minimum absolute atomic E-state index is 0.0397. The molecule has 136 valence electrons. The van der Waals surface area contributed by atoms with Crippen LogP contribution in [0.5, 0.6) is 0 Å². The number of nitrogens with zero attached hydrogens (tertiary/aromatic N) is 1. The number of thiazole rings is 1. The summed E-state index contributed by atoms with van der Waals surface area (Å²) in [5.41, 5.74) is 0.891. The minimum atomic E-state index is -3.83. The van der Waals surface area contributed by atoms with Gasteiger partial charge in [0.1, 0.15) is 5.82 Å². The van der Waals surface area contributed by atoms with Crippen LogP contribution in [-0.4, -0.2) is 19.3 Å². The summed E-state index contributed by atoms with van der Waals surface area (Å²) in [6, 6.07) is 9.47. The highest BCUT2D eigenvalue weighted by molar-refractivity contribution is 7.92. The summed E-state index contributed by atoms with van der Waals surface area (Å²) in [5, 5.41) is 3.18. The van der Waals surface area contributed by atoms with Gasteiger partial charge in [0.25, 0.3) is 10.0 Å². The van der Waals surface area contributed by atoms with Gasteiger partial charge < -0.3 is 5.32 Å². The molecule has 6 nitrogen and oxygen atoms in total. The molecule has 0 saturated carbocycles. The van der Waals surface area contributed by atoms with Gasteiger partial charge in [-0.05, 0) is 42.5 Å². The zero-order valence-electron chi connectivity index (χ0n) is 14.0. The molecule has 0 radical (unpaired) electrons. The fourth-order valence-corrected chi connectivity index (χ4v) is 4.02. The van der Waals surface area contributed by atoms with Crippen LogP contribution in [-0.2, 0) is 14.8 Å². The van der Waals surface area contributed by atoms with Crippen LogP contribution in [0.25, 0.3) is 10.2 Å². The van der Waals surface area contributed by atoms with E-state index in [0.29, 0.717) is 16.3 Å². The van der Waals surface area contributed by atoms with Gasteiger partial charge >= 0.3 is 0 Å². The second kappa shape index (κ2) is 7.00. The first-order valence-corrected chi connectivity index (χ1v) is 10.0. The highest BCUT2D eigenvalue weighted by Crippen LogP contribution is 2.29. The number of anilines is 2. The molecule has 2 aromatic carbocycles. The number of rotatable bonds is 5. The largest absolute Gasteiger partial charge is 0.302 e. The Morgan fingerprint density at radius 3 is 2.50 bits per heavy atom. The number of sulfonamides is 1. The molecule has 0 atom stereocenters. The Bertz CT molecular complexity index is 1060. The second-order valence-corrected chi connectivity index (χ2v) is 8.62. The highest BCUT2D eigenvalue weighted by atomic mass is 32.2. The molecule has 9 heteroatoms. The fraction of sp³-hybridized carbons (Fsp3) is 0.176. The van der Waals surface area contributed by atoms with Crippen LogP contribution in [0.4, 0.5) is 15.2 Å². The van der Waals surface area contributed by atoms with E-state index >= 15 is 0 Å². The van der Waals surface area contributed by atoms with Gasteiger partial charge in [0.15, 0.2) is 5.13 Å². The summed E-state index contributed by atoms with van der Waals surface area (Å²) in [6.07, 6.45) is 0. The van der Waals surface area contributed by atoms with Gasteiger partial charge in [-0.3, -0.25) is 9.52 Å². The van der Waals surface area contributed by atoms with Crippen molar-refractivity contribution in [1.82, 2.24) is 4.98 Å². The van der Waals surface area contributed by atoms with Gasteiger partial charge in [-0.1, -0.05) is 25.2 Å². The van der Waals surface area contributed by atoms with Crippen molar-refractivity contribution in [2.45, 2.75) is 18.7 Å². The number of benzene rings is 2. The number of halogens is 1. The maximum absolute atomic E-state index is 13.0. The van der Waals surface area contributed by atoms with Crippen LogP contribution in [0.1, 0.15) is 13.8 Å². The van der Waals surface area contributed by atoms with Crippen molar-refractivity contribution in [3.63, 3.8) is 0 Å². The van der Waals surface area contributed by atoms with Crippen LogP contribution >= 0.6 is 11.3 Å². The normalized spacial score (nSPS) is 11.7. The molecule has 26 heavy (non-hydrogen) atoms. The zero-order valence-corrected chi connectivity index (χ0v) is 15.6. The highest BCUT2D eigenvalue weighted by Gasteiger charge is 2.16. The quantitative estimate of drug-likeness (QED) is 0.690. The van der Waals surface area contributed by atoms with E-state index in [1.165, 1.54) is 23.5 Å². The Kier molecular flexibility index (Phi) is 4.92. The molecule has 0 aliphatic heterocycles. The van der Waals surface area contributed by atoms with Gasteiger partial charge in [0.05, 0.1) is 20.8 Å². The molecule has 0 bridgehead atoms. The summed E-state index contributed by atoms with van der Waals surface area (Å²) < 4.78 is 41.0. The van der Waals surface area contributed by atoms with Gasteiger partial charge in [-0.25, -0.2) is 17.8 Å². The van der Waals surface area contributed by atoms with Crippen molar-refractivity contribution in [2.24, 2.45) is 5.92 Å². The van der Waals surface area contributed by atoms with Crippen LogP contribution in [0.3, 0.4) is 0 Å². The van der Waals surface area contributed by atoms with Crippen molar-refractivity contribution >= 4 is 48.3 Å². The lowest BCUT2D eigenvalue weighted by Crippen LogP contribution is -2.17. The first-order chi connectivity index (χ1) is 12.2. The van der Waals surface area contributed by atoms with E-state index in [0.717, 1.165) is 16.8 Å². The van der Waals surface area contributed by atoms with E-state index in [2.05, 4.69) is 15.0 Å². The molecule has 0 saturated heterocycles. The Hall–Kier alpha value is -2.52. The molecule has 0 aliphatic rings. The summed E-state index contributed by atoms with van der Waals surface area (Å²) in [7, 11) is -3.83. The summed E-state index contributed by atoms with van der Waals surface area (Å²) >= 11 is 1.31. The van der Waals surface area contributed by atoms with E-state index in [4.69, 9.17) is 0 Å². The van der Waals surface area contributed by atoms with Crippen molar-refractivity contribution < 1.29 is 17.6 Å². The van der Waals surface area contributed by atoms with Gasteiger partial charge in [-0.2, -0.15) is 0 Å². The van der Waals surface area contributed by atoms with Crippen molar-refractivity contribution in [3.8, 4) is 0 Å². The van der Waals surface area contributed by atoms with Crippen molar-refractivity contribution in [2.75, 3.05) is 10.0 Å². The third-order valence-corrected chi connectivity index (χ3v) is 5.87. The molecule has 0 aliphatic carbocycles. The van der Waals surface area contributed by atoms with Crippen molar-refractivity contribution in [1.29, 1.82) is 0 Å². The molecule has 1 heterocycles. The van der Waals surface area contributed by atoms with Gasteiger partial charge in [0.2, 0.25) is 5.91 Å². The molecule has 3 rings (SSSR count). The molecule has 1 aromatic heterocycles. The average Bonchev–Trinajstić information content (AvgIpc) is 2.96. The lowest BCUT2D eigenvalue weighted by molar-refractivity contribution is -0.118. The first-order valence-electron chi connectivity index (χ1n) is 7.74. The fourth-order valence-electron chi connectivity index (χ4n) is 2.12. The molecular formula is C17H16FN3O3S2. The second-order valence-electron chi connectivity index (χ2n) is 5.90. The lowest BCUT2D eigenvalue weighted by atomic mass is 10.2. The number of aromatic nitrogens is 1. The Labute approximate surface area is 154 Å². The number of carbonyl (C=O) groups is 1. The lowest BCUT2D eigenvalue weighted by Gasteiger charge is -2.07. The third-order valence-electron chi connectivity index (χ3n) is 3.52. The summed E-state index contributed by atoms with van der Waals surface area (Å²) in [4.78, 5) is 16.0. The van der Waals surface area contributed by atoms with Crippen LogP contribution in [0, 0.1) is 11.7 Å². The Morgan fingerprint density at radius 1 is 1.15 bits per heavy atom. The number of carbonyl (C=O) groups excluding carboxylic acids is 1. The van der Waals surface area contributed by atoms with Gasteiger partial charge in [-0.15, -0.1) is 0 Å². The summed E-state index contributed by atoms with van der Waals surface area (Å²) in [5.74, 6) is -0.815. The van der Waals surface area contributed by atoms with E-state index in [1.807, 2.05) is 0 Å². The van der Waals surface area contributed by atoms with Gasteiger partial charge in [0, 0.05) is 5.92 Å². The SMILES string of the molecule is CC(C)C(=O)Nc1nc2cc(NS(=O)(=O)c3ccc(F)cc3)ccc2s1. The maximum atomic E-state index is 13.0. The molecule has 0 fully saturated rings. The minimum Gasteiger partial charge on any atom is -0.302 e. The van der Waals surface area contributed by atoms with Crippen LogP contribution in [0.2, 0.25) is 0 Å². The number of amides is 1. The number of nitrogens with one attached hydrogen (secondary N) is 2. The molecule has 0 unspecified atom stereocenters.